The summed E-state index contributed by atoms with van der Waals surface area (Å²) in [5.41, 5.74) is 0. The summed E-state index contributed by atoms with van der Waals surface area (Å²) in [7, 11) is 0. The molecule has 0 aromatic heterocycles. The summed E-state index contributed by atoms with van der Waals surface area (Å²) in [6.07, 6.45) is 19.6. The Morgan fingerprint density at radius 1 is 0.697 bits per heavy atom. The average molecular weight is 462 g/mol. The molecule has 2 unspecified atom stereocenters. The molecule has 0 saturated carbocycles. The summed E-state index contributed by atoms with van der Waals surface area (Å²) in [4.78, 5) is 10.4. The molecule has 2 rings (SSSR count). The molecule has 4 nitrogen and oxygen atoms in total. The van der Waals surface area contributed by atoms with Gasteiger partial charge in [-0.1, -0.05) is 60.3 Å². The van der Waals surface area contributed by atoms with Crippen LogP contribution in [0, 0.1) is 0 Å². The first-order chi connectivity index (χ1) is 16.2. The van der Waals surface area contributed by atoms with Crippen LogP contribution < -0.4 is 0 Å². The topological polar surface area (TPSA) is 21.9 Å². The lowest BCUT2D eigenvalue weighted by molar-refractivity contribution is -0.523. The van der Waals surface area contributed by atoms with Crippen LogP contribution in [0.1, 0.15) is 131 Å². The van der Waals surface area contributed by atoms with E-state index in [4.69, 9.17) is 4.99 Å². The van der Waals surface area contributed by atoms with E-state index in [2.05, 4.69) is 49.0 Å². The van der Waals surface area contributed by atoms with Gasteiger partial charge in [-0.25, -0.2) is 0 Å². The van der Waals surface area contributed by atoms with E-state index in [0.29, 0.717) is 6.04 Å². The third-order valence-electron chi connectivity index (χ3n) is 7.63. The first-order valence-corrected chi connectivity index (χ1v) is 14.9. The number of nitrogens with zero attached hydrogens (tertiary/aromatic N) is 4. The van der Waals surface area contributed by atoms with Crippen LogP contribution in [0.5, 0.6) is 0 Å². The maximum atomic E-state index is 4.94. The van der Waals surface area contributed by atoms with Crippen LogP contribution in [-0.2, 0) is 0 Å². The molecule has 0 spiro atoms. The molecule has 0 radical (unpaired) electrons. The minimum Gasteiger partial charge on any atom is -0.356 e. The number of rotatable bonds is 19. The van der Waals surface area contributed by atoms with Crippen LogP contribution in [0.3, 0.4) is 0 Å². The monoisotopic (exact) mass is 461 g/mol. The predicted octanol–water partition coefficient (Wildman–Crippen LogP) is 7.12. The van der Waals surface area contributed by atoms with Gasteiger partial charge in [0.1, 0.15) is 12.6 Å². The second kappa shape index (κ2) is 16.5. The minimum atomic E-state index is 0.665. The average Bonchev–Trinajstić information content (AvgIpc) is 3.35. The Hall–Kier alpha value is -1.06. The second-order valence-electron chi connectivity index (χ2n) is 10.5. The molecule has 0 bridgehead atoms. The lowest BCUT2D eigenvalue weighted by Crippen LogP contribution is -2.37. The molecule has 0 aromatic rings. The zero-order chi connectivity index (χ0) is 23.9. The van der Waals surface area contributed by atoms with Crippen molar-refractivity contribution >= 4 is 11.7 Å². The van der Waals surface area contributed by atoms with Crippen molar-refractivity contribution in [2.45, 2.75) is 143 Å². The molecule has 0 amide bonds. The Bertz CT molecular complexity index is 582. The first-order valence-electron chi connectivity index (χ1n) is 14.9. The van der Waals surface area contributed by atoms with Crippen LogP contribution in [0.4, 0.5) is 0 Å². The zero-order valence-corrected chi connectivity index (χ0v) is 23.1. The van der Waals surface area contributed by atoms with Crippen LogP contribution in [-0.4, -0.2) is 70.9 Å². The highest BCUT2D eigenvalue weighted by Gasteiger charge is 2.37. The van der Waals surface area contributed by atoms with Gasteiger partial charge in [-0.15, -0.1) is 0 Å². The molecular formula is C29H57N4+. The molecule has 33 heavy (non-hydrogen) atoms. The first kappa shape index (κ1) is 28.2. The second-order valence-corrected chi connectivity index (χ2v) is 10.5. The van der Waals surface area contributed by atoms with Gasteiger partial charge < -0.3 is 4.90 Å². The van der Waals surface area contributed by atoms with Crippen LogP contribution in [0.25, 0.3) is 0 Å². The van der Waals surface area contributed by atoms with E-state index >= 15 is 0 Å². The van der Waals surface area contributed by atoms with Crippen molar-refractivity contribution in [1.29, 1.82) is 0 Å². The minimum absolute atomic E-state index is 0.665. The number of aliphatic imine (C=N–C) groups is 1. The Morgan fingerprint density at radius 3 is 2.00 bits per heavy atom. The van der Waals surface area contributed by atoms with Crippen molar-refractivity contribution in [3.63, 3.8) is 0 Å². The quantitative estimate of drug-likeness (QED) is 0.151. The summed E-state index contributed by atoms with van der Waals surface area (Å²) >= 11 is 0. The highest BCUT2D eigenvalue weighted by Crippen LogP contribution is 2.22. The molecular weight excluding hydrogens is 404 g/mol. The summed E-state index contributed by atoms with van der Waals surface area (Å²) in [6.45, 7) is 17.7. The largest absolute Gasteiger partial charge is 0.356 e. The van der Waals surface area contributed by atoms with Gasteiger partial charge in [-0.3, -0.25) is 14.5 Å². The van der Waals surface area contributed by atoms with Crippen LogP contribution >= 0.6 is 0 Å². The molecule has 0 aromatic carbocycles. The van der Waals surface area contributed by atoms with Gasteiger partial charge in [0.2, 0.25) is 5.84 Å². The van der Waals surface area contributed by atoms with Crippen LogP contribution in [0.15, 0.2) is 4.99 Å². The van der Waals surface area contributed by atoms with Gasteiger partial charge in [0.15, 0.2) is 0 Å². The van der Waals surface area contributed by atoms with Crippen molar-refractivity contribution in [3.8, 4) is 0 Å². The highest BCUT2D eigenvalue weighted by atomic mass is 15.3. The van der Waals surface area contributed by atoms with Crippen molar-refractivity contribution in [2.75, 3.05) is 32.7 Å². The van der Waals surface area contributed by atoms with Gasteiger partial charge in [0.25, 0.3) is 0 Å². The van der Waals surface area contributed by atoms with E-state index in [9.17, 15) is 0 Å². The Morgan fingerprint density at radius 2 is 1.33 bits per heavy atom. The molecule has 2 heterocycles. The van der Waals surface area contributed by atoms with Crippen molar-refractivity contribution in [3.05, 3.63) is 0 Å². The molecule has 2 aliphatic rings. The van der Waals surface area contributed by atoms with Crippen molar-refractivity contribution < 1.29 is 4.58 Å². The third kappa shape index (κ3) is 8.91. The maximum Gasteiger partial charge on any atom is 0.247 e. The molecule has 192 valence electrons. The lowest BCUT2D eigenvalue weighted by Gasteiger charge is -2.28. The predicted molar refractivity (Wildman–Crippen MR) is 146 cm³/mol. The third-order valence-corrected chi connectivity index (χ3v) is 7.63. The number of hydrogen-bond donors (Lipinski definition) is 0. The standard InChI is InChI=1S/C29H57N4/c1-6-11-14-20-27-25-31(29(18-10-5)33(27)23-13-8-3)21-16-15-19-26-24-30-28(17-9-4)32(26)22-12-7-2/h26-27H,6-25H2,1-5H3/q+1. The Kier molecular flexibility index (Phi) is 14.1. The van der Waals surface area contributed by atoms with E-state index < -0.39 is 0 Å². The molecule has 0 N–H and O–H groups in total. The maximum absolute atomic E-state index is 4.94. The van der Waals surface area contributed by atoms with Gasteiger partial charge >= 0.3 is 0 Å². The van der Waals surface area contributed by atoms with Gasteiger partial charge in [-0.2, -0.15) is 0 Å². The lowest BCUT2D eigenvalue weighted by atomic mass is 10.1. The Balaban J connectivity index is 1.90. The number of amidine groups is 2. The van der Waals surface area contributed by atoms with E-state index in [1.165, 1.54) is 122 Å². The zero-order valence-electron chi connectivity index (χ0n) is 23.1. The van der Waals surface area contributed by atoms with Crippen molar-refractivity contribution in [2.24, 2.45) is 4.99 Å². The summed E-state index contributed by atoms with van der Waals surface area (Å²) in [5, 5.41) is 0. The summed E-state index contributed by atoms with van der Waals surface area (Å²) in [5.74, 6) is 3.07. The van der Waals surface area contributed by atoms with E-state index in [1.807, 2.05) is 0 Å². The van der Waals surface area contributed by atoms with E-state index in [1.54, 1.807) is 5.84 Å². The van der Waals surface area contributed by atoms with E-state index in [0.717, 1.165) is 19.0 Å². The van der Waals surface area contributed by atoms with Gasteiger partial charge in [-0.05, 0) is 57.8 Å². The van der Waals surface area contributed by atoms with Gasteiger partial charge in [0.05, 0.1) is 25.5 Å². The molecule has 0 fully saturated rings. The normalized spacial score (nSPS) is 20.9. The molecule has 2 atom stereocenters. The molecule has 4 heteroatoms. The molecule has 0 aliphatic carbocycles. The van der Waals surface area contributed by atoms with E-state index in [-0.39, 0.29) is 0 Å². The smallest absolute Gasteiger partial charge is 0.247 e. The van der Waals surface area contributed by atoms with Crippen LogP contribution in [0.2, 0.25) is 0 Å². The number of hydrogen-bond acceptors (Lipinski definition) is 3. The fraction of sp³-hybridized carbons (Fsp3) is 0.931. The van der Waals surface area contributed by atoms with Crippen molar-refractivity contribution in [1.82, 2.24) is 9.80 Å². The SMILES string of the molecule is CCCCCC1C[N+](CCCCC2CN=C(CCC)N2CCCC)=C(CCC)N1CCCC. The molecule has 0 saturated heterocycles. The highest BCUT2D eigenvalue weighted by molar-refractivity contribution is 5.84. The Labute approximate surface area is 206 Å². The fourth-order valence-electron chi connectivity index (χ4n) is 5.74. The summed E-state index contributed by atoms with van der Waals surface area (Å²) < 4.78 is 2.79. The summed E-state index contributed by atoms with van der Waals surface area (Å²) in [6, 6.07) is 1.42. The fourth-order valence-corrected chi connectivity index (χ4v) is 5.74. The van der Waals surface area contributed by atoms with Gasteiger partial charge in [0, 0.05) is 25.4 Å². The number of unbranched alkanes of at least 4 members (excludes halogenated alkanes) is 5. The molecule has 2 aliphatic heterocycles.